The molecule has 0 atom stereocenters. The number of hydrogen-bond acceptors (Lipinski definition) is 5. The van der Waals surface area contributed by atoms with Crippen molar-refractivity contribution >= 4 is 22.2 Å². The lowest BCUT2D eigenvalue weighted by Crippen LogP contribution is -1.99. The van der Waals surface area contributed by atoms with Crippen LogP contribution in [0.5, 0.6) is 5.75 Å². The van der Waals surface area contributed by atoms with Crippen LogP contribution in [-0.2, 0) is 0 Å². The van der Waals surface area contributed by atoms with Crippen molar-refractivity contribution in [3.63, 3.8) is 0 Å². The molecule has 24 heavy (non-hydrogen) atoms. The Labute approximate surface area is 145 Å². The highest BCUT2D eigenvalue weighted by molar-refractivity contribution is 7.16. The molecular formula is C19H19N3OS. The maximum absolute atomic E-state index is 5.17. The van der Waals surface area contributed by atoms with Gasteiger partial charge in [0.25, 0.3) is 0 Å². The Hall–Kier alpha value is -2.66. The second kappa shape index (κ2) is 7.27. The van der Waals surface area contributed by atoms with Gasteiger partial charge in [0, 0.05) is 10.4 Å². The van der Waals surface area contributed by atoms with Crippen LogP contribution in [0.3, 0.4) is 0 Å². The van der Waals surface area contributed by atoms with E-state index >= 15 is 0 Å². The number of thiazole rings is 1. The third-order valence-corrected chi connectivity index (χ3v) is 4.55. The molecular weight excluding hydrogens is 318 g/mol. The van der Waals surface area contributed by atoms with E-state index in [1.54, 1.807) is 18.4 Å². The summed E-state index contributed by atoms with van der Waals surface area (Å²) in [6, 6.07) is 18.0. The van der Waals surface area contributed by atoms with Gasteiger partial charge >= 0.3 is 0 Å². The lowest BCUT2D eigenvalue weighted by Gasteiger charge is -2.03. The third-order valence-electron chi connectivity index (χ3n) is 3.67. The molecule has 2 aromatic carbocycles. The van der Waals surface area contributed by atoms with Crippen molar-refractivity contribution in [1.29, 1.82) is 0 Å². The molecule has 1 aromatic heterocycles. The molecule has 0 aliphatic carbocycles. The SMILES string of the molecule is COc1ccc(C(C)=NNc2nc(-c3ccccc3)c(C)s2)cc1. The number of hydrazone groups is 1. The summed E-state index contributed by atoms with van der Waals surface area (Å²) < 4.78 is 5.17. The summed E-state index contributed by atoms with van der Waals surface area (Å²) in [5.74, 6) is 0.836. The van der Waals surface area contributed by atoms with Crippen LogP contribution in [0.2, 0.25) is 0 Å². The zero-order valence-electron chi connectivity index (χ0n) is 13.9. The van der Waals surface area contributed by atoms with Crippen molar-refractivity contribution in [1.82, 2.24) is 4.98 Å². The maximum atomic E-state index is 5.17. The Balaban J connectivity index is 1.76. The highest BCUT2D eigenvalue weighted by Crippen LogP contribution is 2.30. The van der Waals surface area contributed by atoms with Crippen molar-refractivity contribution in [3.8, 4) is 17.0 Å². The summed E-state index contributed by atoms with van der Waals surface area (Å²) >= 11 is 1.60. The molecule has 0 fully saturated rings. The van der Waals surface area contributed by atoms with Crippen LogP contribution < -0.4 is 10.2 Å². The second-order valence-corrected chi connectivity index (χ2v) is 6.53. The molecule has 3 aromatic rings. The number of methoxy groups -OCH3 is 1. The minimum atomic E-state index is 0.791. The minimum Gasteiger partial charge on any atom is -0.497 e. The van der Waals surface area contributed by atoms with Gasteiger partial charge in [-0.1, -0.05) is 30.3 Å². The van der Waals surface area contributed by atoms with E-state index in [2.05, 4.69) is 34.6 Å². The molecule has 0 saturated carbocycles. The van der Waals surface area contributed by atoms with Gasteiger partial charge in [0.05, 0.1) is 18.5 Å². The number of hydrogen-bond donors (Lipinski definition) is 1. The zero-order valence-corrected chi connectivity index (χ0v) is 14.7. The van der Waals surface area contributed by atoms with Crippen LogP contribution in [-0.4, -0.2) is 17.8 Å². The fourth-order valence-corrected chi connectivity index (χ4v) is 3.11. The number of aromatic nitrogens is 1. The fraction of sp³-hybridized carbons (Fsp3) is 0.158. The first-order chi connectivity index (χ1) is 11.7. The van der Waals surface area contributed by atoms with E-state index in [9.17, 15) is 0 Å². The van der Waals surface area contributed by atoms with Gasteiger partial charge in [0.2, 0.25) is 5.13 Å². The van der Waals surface area contributed by atoms with Gasteiger partial charge < -0.3 is 4.74 Å². The normalized spacial score (nSPS) is 11.4. The van der Waals surface area contributed by atoms with Crippen molar-refractivity contribution in [2.45, 2.75) is 13.8 Å². The standard InChI is InChI=1S/C19H19N3OS/c1-13(15-9-11-17(23-3)12-10-15)21-22-19-20-18(14(2)24-19)16-7-5-4-6-8-16/h4-12H,1-3H3,(H,20,22). The Bertz CT molecular complexity index is 839. The lowest BCUT2D eigenvalue weighted by molar-refractivity contribution is 0.415. The van der Waals surface area contributed by atoms with Gasteiger partial charge in [-0.15, -0.1) is 11.3 Å². The molecule has 0 bridgehead atoms. The molecule has 0 aliphatic heterocycles. The van der Waals surface area contributed by atoms with Gasteiger partial charge in [-0.3, -0.25) is 5.43 Å². The average molecular weight is 337 g/mol. The van der Waals surface area contributed by atoms with Crippen LogP contribution in [0.4, 0.5) is 5.13 Å². The van der Waals surface area contributed by atoms with Crippen molar-refractivity contribution in [2.24, 2.45) is 5.10 Å². The Kier molecular flexibility index (Phi) is 4.91. The molecule has 3 rings (SSSR count). The number of ether oxygens (including phenoxy) is 1. The van der Waals surface area contributed by atoms with E-state index in [-0.39, 0.29) is 0 Å². The Morgan fingerprint density at radius 1 is 1.08 bits per heavy atom. The van der Waals surface area contributed by atoms with E-state index in [0.29, 0.717) is 0 Å². The summed E-state index contributed by atoms with van der Waals surface area (Å²) in [5.41, 5.74) is 7.12. The predicted octanol–water partition coefficient (Wildman–Crippen LogP) is 4.96. The molecule has 0 radical (unpaired) electrons. The van der Waals surface area contributed by atoms with Crippen LogP contribution in [0, 0.1) is 6.92 Å². The molecule has 1 heterocycles. The molecule has 122 valence electrons. The molecule has 1 N–H and O–H groups in total. The Morgan fingerprint density at radius 2 is 1.79 bits per heavy atom. The summed E-state index contributed by atoms with van der Waals surface area (Å²) in [6.07, 6.45) is 0. The Morgan fingerprint density at radius 3 is 2.46 bits per heavy atom. The van der Waals surface area contributed by atoms with Crippen molar-refractivity contribution < 1.29 is 4.74 Å². The highest BCUT2D eigenvalue weighted by atomic mass is 32.1. The van der Waals surface area contributed by atoms with Gasteiger partial charge in [-0.25, -0.2) is 4.98 Å². The number of benzene rings is 2. The van der Waals surface area contributed by atoms with E-state index < -0.39 is 0 Å². The summed E-state index contributed by atoms with van der Waals surface area (Å²) in [5, 5.41) is 5.23. The van der Waals surface area contributed by atoms with Crippen LogP contribution in [0.1, 0.15) is 17.4 Å². The average Bonchev–Trinajstić information content (AvgIpc) is 3.01. The van der Waals surface area contributed by atoms with Gasteiger partial charge in [-0.05, 0) is 43.7 Å². The molecule has 0 aliphatic rings. The number of aryl methyl sites for hydroxylation is 1. The number of nitrogens with one attached hydrogen (secondary N) is 1. The summed E-state index contributed by atoms with van der Waals surface area (Å²) in [7, 11) is 1.66. The van der Waals surface area contributed by atoms with E-state index in [4.69, 9.17) is 4.74 Å². The van der Waals surface area contributed by atoms with Gasteiger partial charge in [0.1, 0.15) is 5.75 Å². The monoisotopic (exact) mass is 337 g/mol. The first-order valence-corrected chi connectivity index (χ1v) is 8.46. The van der Waals surface area contributed by atoms with Crippen molar-refractivity contribution in [2.75, 3.05) is 12.5 Å². The van der Waals surface area contributed by atoms with Gasteiger partial charge in [0.15, 0.2) is 0 Å². The van der Waals surface area contributed by atoms with Crippen LogP contribution >= 0.6 is 11.3 Å². The maximum Gasteiger partial charge on any atom is 0.204 e. The zero-order chi connectivity index (χ0) is 16.9. The predicted molar refractivity (Wildman–Crippen MR) is 101 cm³/mol. The second-order valence-electron chi connectivity index (χ2n) is 5.33. The van der Waals surface area contributed by atoms with Crippen molar-refractivity contribution in [3.05, 3.63) is 65.0 Å². The van der Waals surface area contributed by atoms with E-state index in [1.807, 2.05) is 49.4 Å². The highest BCUT2D eigenvalue weighted by Gasteiger charge is 2.09. The molecule has 4 nitrogen and oxygen atoms in total. The largest absolute Gasteiger partial charge is 0.497 e. The minimum absolute atomic E-state index is 0.791. The molecule has 0 saturated heterocycles. The first-order valence-electron chi connectivity index (χ1n) is 7.65. The molecule has 0 amide bonds. The number of rotatable bonds is 5. The smallest absolute Gasteiger partial charge is 0.204 e. The molecule has 0 unspecified atom stereocenters. The van der Waals surface area contributed by atoms with Gasteiger partial charge in [-0.2, -0.15) is 5.10 Å². The quantitative estimate of drug-likeness (QED) is 0.528. The lowest BCUT2D eigenvalue weighted by atomic mass is 10.1. The topological polar surface area (TPSA) is 46.5 Å². The molecule has 0 spiro atoms. The number of anilines is 1. The van der Waals surface area contributed by atoms with E-state index in [1.165, 1.54) is 4.88 Å². The molecule has 5 heteroatoms. The third kappa shape index (κ3) is 3.63. The first kappa shape index (κ1) is 16.2. The summed E-state index contributed by atoms with van der Waals surface area (Å²) in [6.45, 7) is 4.04. The van der Waals surface area contributed by atoms with E-state index in [0.717, 1.165) is 33.4 Å². The van der Waals surface area contributed by atoms with Crippen LogP contribution in [0.25, 0.3) is 11.3 Å². The van der Waals surface area contributed by atoms with Crippen LogP contribution in [0.15, 0.2) is 59.7 Å². The summed E-state index contributed by atoms with van der Waals surface area (Å²) in [4.78, 5) is 5.82. The number of nitrogens with zero attached hydrogens (tertiary/aromatic N) is 2. The fourth-order valence-electron chi connectivity index (χ4n) is 2.34.